The lowest BCUT2D eigenvalue weighted by Gasteiger charge is -1.94. The molecular weight excluding hydrogens is 142 g/mol. The number of hydrogen-bond donors (Lipinski definition) is 1. The number of rotatable bonds is 2. The second kappa shape index (κ2) is 2.96. The van der Waals surface area contributed by atoms with Crippen LogP contribution in [0.1, 0.15) is 10.4 Å². The summed E-state index contributed by atoms with van der Waals surface area (Å²) in [5.74, 6) is -0.976. The summed E-state index contributed by atoms with van der Waals surface area (Å²) < 4.78 is 0. The smallest absolute Gasteiger partial charge is 0.335 e. The van der Waals surface area contributed by atoms with Crippen LogP contribution in [-0.4, -0.2) is 17.8 Å². The Morgan fingerprint density at radius 3 is 2.82 bits per heavy atom. The van der Waals surface area contributed by atoms with E-state index in [0.717, 1.165) is 0 Å². The lowest BCUT2D eigenvalue weighted by Crippen LogP contribution is -1.94. The van der Waals surface area contributed by atoms with Gasteiger partial charge in [0.1, 0.15) is 0 Å². The summed E-state index contributed by atoms with van der Waals surface area (Å²) >= 11 is 0. The Morgan fingerprint density at radius 1 is 1.55 bits per heavy atom. The van der Waals surface area contributed by atoms with Crippen LogP contribution in [0.2, 0.25) is 0 Å². The second-order valence-corrected chi connectivity index (χ2v) is 1.98. The number of carboxylic acids is 1. The van der Waals surface area contributed by atoms with E-state index in [0.29, 0.717) is 5.69 Å². The summed E-state index contributed by atoms with van der Waals surface area (Å²) in [7, 11) is 0. The van der Waals surface area contributed by atoms with Gasteiger partial charge in [-0.1, -0.05) is 6.07 Å². The fourth-order valence-corrected chi connectivity index (χ4v) is 0.719. The van der Waals surface area contributed by atoms with E-state index in [1.54, 1.807) is 12.1 Å². The maximum absolute atomic E-state index is 10.4. The molecule has 0 atom stereocenters. The van der Waals surface area contributed by atoms with E-state index in [2.05, 4.69) is 4.99 Å². The highest BCUT2D eigenvalue weighted by molar-refractivity contribution is 5.88. The molecule has 0 saturated carbocycles. The van der Waals surface area contributed by atoms with Crippen LogP contribution in [0, 0.1) is 0 Å². The standard InChI is InChI=1S/C8H6NO2/c1-9-7-4-2-3-6(5-7)8(10)11/h1-5H,(H,10,11). The summed E-state index contributed by atoms with van der Waals surface area (Å²) in [5, 5.41) is 8.52. The molecule has 0 spiro atoms. The first-order chi connectivity index (χ1) is 5.24. The van der Waals surface area contributed by atoms with Gasteiger partial charge in [0.25, 0.3) is 0 Å². The van der Waals surface area contributed by atoms with Gasteiger partial charge in [0.05, 0.1) is 11.3 Å². The van der Waals surface area contributed by atoms with Gasteiger partial charge in [-0.25, -0.2) is 4.79 Å². The highest BCUT2D eigenvalue weighted by Gasteiger charge is 2.00. The van der Waals surface area contributed by atoms with Crippen molar-refractivity contribution in [3.8, 4) is 0 Å². The topological polar surface area (TPSA) is 49.7 Å². The van der Waals surface area contributed by atoms with Crippen LogP contribution in [0.5, 0.6) is 0 Å². The molecule has 3 heteroatoms. The van der Waals surface area contributed by atoms with Crippen LogP contribution in [-0.2, 0) is 0 Å². The Kier molecular flexibility index (Phi) is 2.01. The van der Waals surface area contributed by atoms with Gasteiger partial charge in [0, 0.05) is 6.72 Å². The molecule has 1 aromatic rings. The number of carbonyl (C=O) groups is 1. The molecule has 0 unspecified atom stereocenters. The number of aliphatic imine (C=N–C) groups is 1. The molecule has 55 valence electrons. The third kappa shape index (κ3) is 1.64. The Labute approximate surface area is 64.0 Å². The van der Waals surface area contributed by atoms with E-state index in [-0.39, 0.29) is 5.56 Å². The van der Waals surface area contributed by atoms with Crippen LogP contribution in [0.4, 0.5) is 5.69 Å². The molecule has 0 bridgehead atoms. The first-order valence-corrected chi connectivity index (χ1v) is 2.98. The molecule has 1 rings (SSSR count). The maximum Gasteiger partial charge on any atom is 0.335 e. The van der Waals surface area contributed by atoms with Crippen LogP contribution in [0.3, 0.4) is 0 Å². The van der Waals surface area contributed by atoms with Crippen molar-refractivity contribution in [1.82, 2.24) is 0 Å². The van der Waals surface area contributed by atoms with E-state index < -0.39 is 5.97 Å². The minimum Gasteiger partial charge on any atom is -0.478 e. The van der Waals surface area contributed by atoms with Gasteiger partial charge in [-0.05, 0) is 18.2 Å². The van der Waals surface area contributed by atoms with Crippen molar-refractivity contribution in [3.63, 3.8) is 0 Å². The van der Waals surface area contributed by atoms with Gasteiger partial charge in [0.15, 0.2) is 0 Å². The third-order valence-corrected chi connectivity index (χ3v) is 1.24. The van der Waals surface area contributed by atoms with Gasteiger partial charge in [-0.3, -0.25) is 4.99 Å². The monoisotopic (exact) mass is 148 g/mol. The third-order valence-electron chi connectivity index (χ3n) is 1.24. The molecule has 0 aliphatic carbocycles. The van der Waals surface area contributed by atoms with E-state index in [4.69, 9.17) is 11.8 Å². The molecule has 0 heterocycles. The molecule has 1 aromatic carbocycles. The van der Waals surface area contributed by atoms with E-state index >= 15 is 0 Å². The largest absolute Gasteiger partial charge is 0.478 e. The average Bonchev–Trinajstić information content (AvgIpc) is 2.05. The second-order valence-electron chi connectivity index (χ2n) is 1.98. The molecule has 1 radical (unpaired) electrons. The summed E-state index contributed by atoms with van der Waals surface area (Å²) in [6, 6.07) is 6.11. The summed E-state index contributed by atoms with van der Waals surface area (Å²) in [5.41, 5.74) is 0.654. The zero-order chi connectivity index (χ0) is 8.27. The highest BCUT2D eigenvalue weighted by Crippen LogP contribution is 2.12. The number of aromatic carboxylic acids is 1. The SMILES string of the molecule is [CH]=Nc1cccc(C(=O)O)c1. The molecule has 0 aromatic heterocycles. The molecule has 0 amide bonds. The first-order valence-electron chi connectivity index (χ1n) is 2.98. The Balaban J connectivity index is 3.10. The minimum atomic E-state index is -0.976. The Morgan fingerprint density at radius 2 is 2.27 bits per heavy atom. The van der Waals surface area contributed by atoms with Crippen molar-refractivity contribution >= 4 is 18.4 Å². The van der Waals surface area contributed by atoms with E-state index in [9.17, 15) is 4.79 Å². The molecule has 0 saturated heterocycles. The van der Waals surface area contributed by atoms with Crippen molar-refractivity contribution in [2.24, 2.45) is 4.99 Å². The molecule has 3 nitrogen and oxygen atoms in total. The van der Waals surface area contributed by atoms with Gasteiger partial charge < -0.3 is 5.11 Å². The molecular formula is C8H6NO2. The van der Waals surface area contributed by atoms with Crippen molar-refractivity contribution < 1.29 is 9.90 Å². The fourth-order valence-electron chi connectivity index (χ4n) is 0.719. The quantitative estimate of drug-likeness (QED) is 0.647. The molecule has 11 heavy (non-hydrogen) atoms. The van der Waals surface area contributed by atoms with Crippen molar-refractivity contribution in [3.05, 3.63) is 29.8 Å². The average molecular weight is 148 g/mol. The molecule has 1 N–H and O–H groups in total. The fraction of sp³-hybridized carbons (Fsp3) is 0. The minimum absolute atomic E-state index is 0.191. The molecule has 0 aliphatic heterocycles. The molecule has 0 aliphatic rings. The van der Waals surface area contributed by atoms with Crippen molar-refractivity contribution in [2.45, 2.75) is 0 Å². The van der Waals surface area contributed by atoms with Gasteiger partial charge in [0.2, 0.25) is 0 Å². The summed E-state index contributed by atoms with van der Waals surface area (Å²) in [6.45, 7) is 4.95. The first kappa shape index (κ1) is 7.47. The highest BCUT2D eigenvalue weighted by atomic mass is 16.4. The van der Waals surface area contributed by atoms with Crippen LogP contribution in [0.15, 0.2) is 29.3 Å². The number of hydrogen-bond acceptors (Lipinski definition) is 2. The lowest BCUT2D eigenvalue weighted by molar-refractivity contribution is 0.0697. The predicted molar refractivity (Wildman–Crippen MR) is 41.6 cm³/mol. The normalized spacial score (nSPS) is 9.09. The number of nitrogens with zero attached hydrogens (tertiary/aromatic N) is 1. The lowest BCUT2D eigenvalue weighted by atomic mass is 10.2. The zero-order valence-electron chi connectivity index (χ0n) is 5.69. The summed E-state index contributed by atoms with van der Waals surface area (Å²) in [6.07, 6.45) is 0. The van der Waals surface area contributed by atoms with Crippen molar-refractivity contribution in [2.75, 3.05) is 0 Å². The summed E-state index contributed by atoms with van der Waals surface area (Å²) in [4.78, 5) is 13.7. The van der Waals surface area contributed by atoms with Gasteiger partial charge in [-0.15, -0.1) is 0 Å². The maximum atomic E-state index is 10.4. The van der Waals surface area contributed by atoms with Gasteiger partial charge in [-0.2, -0.15) is 0 Å². The van der Waals surface area contributed by atoms with Crippen LogP contribution < -0.4 is 0 Å². The zero-order valence-corrected chi connectivity index (χ0v) is 5.69. The number of carboxylic acid groups (broad SMARTS) is 1. The predicted octanol–water partition coefficient (Wildman–Crippen LogP) is 1.59. The Bertz CT molecular complexity index is 294. The molecule has 0 fully saturated rings. The van der Waals surface area contributed by atoms with E-state index in [1.807, 2.05) is 0 Å². The van der Waals surface area contributed by atoms with Crippen LogP contribution in [0.25, 0.3) is 0 Å². The van der Waals surface area contributed by atoms with Gasteiger partial charge >= 0.3 is 5.97 Å². The Hall–Kier alpha value is -1.64. The van der Waals surface area contributed by atoms with Crippen molar-refractivity contribution in [1.29, 1.82) is 0 Å². The van der Waals surface area contributed by atoms with Crippen LogP contribution >= 0.6 is 0 Å². The number of benzene rings is 1. The van der Waals surface area contributed by atoms with E-state index in [1.165, 1.54) is 12.1 Å².